The van der Waals surface area contributed by atoms with Crippen molar-refractivity contribution in [1.29, 1.82) is 0 Å². The normalized spacial score (nSPS) is 15.8. The van der Waals surface area contributed by atoms with Crippen LogP contribution in [0.1, 0.15) is 34.9 Å². The largest absolute Gasteiger partial charge is 0.490 e. The molecule has 1 aromatic heterocycles. The van der Waals surface area contributed by atoms with Crippen LogP contribution in [0.15, 0.2) is 18.2 Å². The van der Waals surface area contributed by atoms with Gasteiger partial charge in [0, 0.05) is 23.6 Å². The number of hydrogen-bond donors (Lipinski definition) is 2. The van der Waals surface area contributed by atoms with Crippen LogP contribution in [0, 0.1) is 6.92 Å². The van der Waals surface area contributed by atoms with Crippen LogP contribution in [0.5, 0.6) is 5.75 Å². The summed E-state index contributed by atoms with van der Waals surface area (Å²) in [4.78, 5) is 16.5. The Morgan fingerprint density at radius 3 is 3.00 bits per heavy atom. The number of carbonyl (C=O) groups is 1. The molecule has 2 aliphatic rings. The molecule has 2 heterocycles. The average molecular weight is 415 g/mol. The van der Waals surface area contributed by atoms with Crippen molar-refractivity contribution in [1.82, 2.24) is 4.98 Å². The lowest BCUT2D eigenvalue weighted by Crippen LogP contribution is -2.18. The molecule has 0 saturated heterocycles. The van der Waals surface area contributed by atoms with Gasteiger partial charge in [0.15, 0.2) is 0 Å². The maximum absolute atomic E-state index is 11.6. The minimum Gasteiger partial charge on any atom is -0.490 e. The first-order chi connectivity index (χ1) is 13.5. The molecule has 0 spiro atoms. The van der Waals surface area contributed by atoms with Crippen LogP contribution in [0.2, 0.25) is 5.02 Å². The summed E-state index contributed by atoms with van der Waals surface area (Å²) >= 11 is 8.47. The van der Waals surface area contributed by atoms with Crippen molar-refractivity contribution < 1.29 is 14.6 Å². The molecule has 2 aromatic carbocycles. The van der Waals surface area contributed by atoms with Crippen molar-refractivity contribution in [3.63, 3.8) is 0 Å². The highest BCUT2D eigenvalue weighted by atomic mass is 35.5. The maximum atomic E-state index is 11.6. The van der Waals surface area contributed by atoms with Gasteiger partial charge in [0.05, 0.1) is 32.4 Å². The van der Waals surface area contributed by atoms with E-state index in [1.54, 1.807) is 11.3 Å². The molecule has 3 aromatic rings. The molecule has 0 unspecified atom stereocenters. The Bertz CT molecular complexity index is 1120. The number of aromatic nitrogens is 1. The van der Waals surface area contributed by atoms with E-state index in [1.165, 1.54) is 12.8 Å². The van der Waals surface area contributed by atoms with Crippen LogP contribution in [0.25, 0.3) is 21.3 Å². The molecule has 5 rings (SSSR count). The fourth-order valence-corrected chi connectivity index (χ4v) is 5.41. The lowest BCUT2D eigenvalue weighted by molar-refractivity contribution is -0.136. The van der Waals surface area contributed by atoms with Crippen molar-refractivity contribution in [2.24, 2.45) is 0 Å². The zero-order valence-electron chi connectivity index (χ0n) is 15.3. The van der Waals surface area contributed by atoms with Gasteiger partial charge in [-0.25, -0.2) is 4.98 Å². The molecule has 1 aliphatic carbocycles. The lowest BCUT2D eigenvalue weighted by Gasteiger charge is -2.22. The Morgan fingerprint density at radius 1 is 1.43 bits per heavy atom. The van der Waals surface area contributed by atoms with E-state index >= 15 is 0 Å². The highest BCUT2D eigenvalue weighted by molar-refractivity contribution is 7.19. The third-order valence-electron chi connectivity index (χ3n) is 5.32. The van der Waals surface area contributed by atoms with Crippen molar-refractivity contribution in [2.45, 2.75) is 32.1 Å². The zero-order chi connectivity index (χ0) is 19.4. The van der Waals surface area contributed by atoms with Crippen LogP contribution in [-0.4, -0.2) is 29.2 Å². The summed E-state index contributed by atoms with van der Waals surface area (Å²) in [5, 5.41) is 14.5. The second kappa shape index (κ2) is 6.64. The van der Waals surface area contributed by atoms with Gasteiger partial charge in [-0.1, -0.05) is 11.6 Å². The smallest absolute Gasteiger partial charge is 0.307 e. The standard InChI is InChI=1S/C21H19ClN2O3S/c1-10-8-14-20(28-21(24-14)11-2-3-11)17(13(10)9-16(25)26)12-4-5-15-19(18(12)22)23-6-7-27-15/h4-5,8,11,23H,2-3,6-7,9H2,1H3,(H,25,26). The van der Waals surface area contributed by atoms with E-state index in [0.717, 1.165) is 48.9 Å². The number of nitrogens with one attached hydrogen (secondary N) is 1. The summed E-state index contributed by atoms with van der Waals surface area (Å²) in [5.74, 6) is 0.417. The molecular weight excluding hydrogens is 396 g/mol. The first-order valence-electron chi connectivity index (χ1n) is 9.37. The number of benzene rings is 2. The van der Waals surface area contributed by atoms with Gasteiger partial charge in [0.1, 0.15) is 12.4 Å². The number of fused-ring (bicyclic) bond motifs is 2. The summed E-state index contributed by atoms with van der Waals surface area (Å²) in [6.07, 6.45) is 2.30. The fourth-order valence-electron chi connectivity index (χ4n) is 3.79. The number of halogens is 1. The van der Waals surface area contributed by atoms with E-state index in [0.29, 0.717) is 24.1 Å². The SMILES string of the molecule is Cc1cc2nc(C3CC3)sc2c(-c2ccc3c(c2Cl)NCCO3)c1CC(=O)O. The minimum atomic E-state index is -0.855. The molecule has 0 atom stereocenters. The Hall–Kier alpha value is -2.31. The third-order valence-corrected chi connectivity index (χ3v) is 6.96. The quantitative estimate of drug-likeness (QED) is 0.611. The minimum absolute atomic E-state index is 0.0505. The van der Waals surface area contributed by atoms with E-state index in [-0.39, 0.29) is 6.42 Å². The first-order valence-corrected chi connectivity index (χ1v) is 10.6. The Balaban J connectivity index is 1.80. The van der Waals surface area contributed by atoms with Gasteiger partial charge in [-0.05, 0) is 49.1 Å². The van der Waals surface area contributed by atoms with Gasteiger partial charge in [0.2, 0.25) is 0 Å². The Kier molecular flexibility index (Phi) is 4.21. The maximum Gasteiger partial charge on any atom is 0.307 e. The van der Waals surface area contributed by atoms with Crippen LogP contribution < -0.4 is 10.1 Å². The first kappa shape index (κ1) is 17.8. The topological polar surface area (TPSA) is 71.5 Å². The molecular formula is C21H19ClN2O3S. The van der Waals surface area contributed by atoms with Gasteiger partial charge in [-0.2, -0.15) is 0 Å². The molecule has 5 nitrogen and oxygen atoms in total. The van der Waals surface area contributed by atoms with Crippen LogP contribution in [0.4, 0.5) is 5.69 Å². The zero-order valence-corrected chi connectivity index (χ0v) is 16.9. The summed E-state index contributed by atoms with van der Waals surface area (Å²) in [6, 6.07) is 5.85. The molecule has 1 fully saturated rings. The van der Waals surface area contributed by atoms with Crippen LogP contribution >= 0.6 is 22.9 Å². The van der Waals surface area contributed by atoms with Gasteiger partial charge in [-0.3, -0.25) is 4.79 Å². The van der Waals surface area contributed by atoms with E-state index in [2.05, 4.69) is 5.32 Å². The van der Waals surface area contributed by atoms with E-state index in [4.69, 9.17) is 21.3 Å². The molecule has 0 radical (unpaired) electrons. The van der Waals surface area contributed by atoms with Crippen LogP contribution in [-0.2, 0) is 11.2 Å². The van der Waals surface area contributed by atoms with Gasteiger partial charge in [0.25, 0.3) is 0 Å². The molecule has 28 heavy (non-hydrogen) atoms. The number of anilines is 1. The Labute approximate surface area is 171 Å². The van der Waals surface area contributed by atoms with Gasteiger partial charge < -0.3 is 15.2 Å². The molecule has 1 saturated carbocycles. The molecule has 2 N–H and O–H groups in total. The van der Waals surface area contributed by atoms with Gasteiger partial charge >= 0.3 is 5.97 Å². The van der Waals surface area contributed by atoms with Crippen molar-refractivity contribution >= 4 is 44.8 Å². The second-order valence-corrected chi connectivity index (χ2v) is 8.78. The molecule has 0 amide bonds. The van der Waals surface area contributed by atoms with E-state index in [9.17, 15) is 9.90 Å². The monoisotopic (exact) mass is 414 g/mol. The second-order valence-electron chi connectivity index (χ2n) is 7.37. The molecule has 1 aliphatic heterocycles. The number of rotatable bonds is 4. The predicted octanol–water partition coefficient (Wildman–Crippen LogP) is 5.23. The summed E-state index contributed by atoms with van der Waals surface area (Å²) < 4.78 is 6.71. The van der Waals surface area contributed by atoms with Gasteiger partial charge in [-0.15, -0.1) is 11.3 Å². The van der Waals surface area contributed by atoms with Crippen molar-refractivity contribution in [2.75, 3.05) is 18.5 Å². The molecule has 144 valence electrons. The van der Waals surface area contributed by atoms with E-state index < -0.39 is 5.97 Å². The van der Waals surface area contributed by atoms with E-state index in [1.807, 2.05) is 25.1 Å². The molecule has 7 heteroatoms. The number of aryl methyl sites for hydroxylation is 1. The number of carboxylic acids is 1. The lowest BCUT2D eigenvalue weighted by atomic mass is 9.92. The average Bonchev–Trinajstić information content (AvgIpc) is 3.44. The summed E-state index contributed by atoms with van der Waals surface area (Å²) in [6.45, 7) is 3.24. The highest BCUT2D eigenvalue weighted by Crippen LogP contribution is 2.49. The highest BCUT2D eigenvalue weighted by Gasteiger charge is 2.29. The number of nitrogens with zero attached hydrogens (tertiary/aromatic N) is 1. The number of carboxylic acid groups (broad SMARTS) is 1. The number of aliphatic carboxylic acids is 1. The predicted molar refractivity (Wildman–Crippen MR) is 112 cm³/mol. The summed E-state index contributed by atoms with van der Waals surface area (Å²) in [5.41, 5.74) is 5.14. The van der Waals surface area contributed by atoms with Crippen LogP contribution in [0.3, 0.4) is 0 Å². The Morgan fingerprint density at radius 2 is 2.25 bits per heavy atom. The molecule has 0 bridgehead atoms. The number of ether oxygens (including phenoxy) is 1. The number of hydrogen-bond acceptors (Lipinski definition) is 5. The fraction of sp³-hybridized carbons (Fsp3) is 0.333. The summed E-state index contributed by atoms with van der Waals surface area (Å²) in [7, 11) is 0. The van der Waals surface area contributed by atoms with Crippen molar-refractivity contribution in [3.05, 3.63) is 39.4 Å². The number of thiazole rings is 1. The van der Waals surface area contributed by atoms with Crippen molar-refractivity contribution in [3.8, 4) is 16.9 Å². The third kappa shape index (κ3) is 2.91.